The van der Waals surface area contributed by atoms with E-state index in [9.17, 15) is 0 Å². The van der Waals surface area contributed by atoms with Gasteiger partial charge in [-0.25, -0.2) is 0 Å². The first-order valence-corrected chi connectivity index (χ1v) is 6.71. The summed E-state index contributed by atoms with van der Waals surface area (Å²) in [5, 5.41) is 9.57. The minimum absolute atomic E-state index is 0.445. The number of rotatable bonds is 5. The fourth-order valence-electron chi connectivity index (χ4n) is 1.62. The molecule has 0 amide bonds. The zero-order chi connectivity index (χ0) is 14.4. The van der Waals surface area contributed by atoms with E-state index >= 15 is 0 Å². The van der Waals surface area contributed by atoms with Crippen molar-refractivity contribution in [3.63, 3.8) is 0 Å². The predicted octanol–water partition coefficient (Wildman–Crippen LogP) is 4.79. The van der Waals surface area contributed by atoms with E-state index in [4.69, 9.17) is 26.3 Å². The fraction of sp³-hybridized carbons (Fsp3) is 0.188. The molecule has 2 aromatic rings. The van der Waals surface area contributed by atoms with Crippen LogP contribution in [0.3, 0.4) is 0 Å². The lowest BCUT2D eigenvalue weighted by Crippen LogP contribution is -1.94. The quantitative estimate of drug-likeness (QED) is 0.794. The van der Waals surface area contributed by atoms with Gasteiger partial charge in [-0.3, -0.25) is 0 Å². The molecule has 0 N–H and O–H groups in total. The minimum atomic E-state index is 0.445. The van der Waals surface area contributed by atoms with Gasteiger partial charge in [0.1, 0.15) is 23.3 Å². The second kappa shape index (κ2) is 6.83. The molecule has 2 aromatic carbocycles. The topological polar surface area (TPSA) is 42.2 Å². The number of benzene rings is 2. The van der Waals surface area contributed by atoms with Crippen LogP contribution in [0, 0.1) is 11.3 Å². The maximum Gasteiger partial charge on any atom is 0.146 e. The van der Waals surface area contributed by atoms with Gasteiger partial charge in [-0.05, 0) is 42.8 Å². The van der Waals surface area contributed by atoms with E-state index in [1.54, 1.807) is 30.3 Å². The summed E-state index contributed by atoms with van der Waals surface area (Å²) in [6.45, 7) is 2.74. The Balaban J connectivity index is 2.14. The molecular weight excluding hydrogens is 274 g/mol. The molecular formula is C16H14ClNO2. The molecule has 0 saturated carbocycles. The molecule has 0 aliphatic heterocycles. The zero-order valence-corrected chi connectivity index (χ0v) is 11.9. The van der Waals surface area contributed by atoms with Gasteiger partial charge in [-0.1, -0.05) is 18.5 Å². The van der Waals surface area contributed by atoms with Crippen molar-refractivity contribution in [3.8, 4) is 23.3 Å². The highest BCUT2D eigenvalue weighted by Crippen LogP contribution is 2.29. The average molecular weight is 288 g/mol. The van der Waals surface area contributed by atoms with E-state index < -0.39 is 0 Å². The van der Waals surface area contributed by atoms with Crippen LogP contribution in [0.2, 0.25) is 5.02 Å². The first kappa shape index (κ1) is 14.2. The summed E-state index contributed by atoms with van der Waals surface area (Å²) < 4.78 is 11.2. The third-order valence-corrected chi connectivity index (χ3v) is 2.82. The molecule has 0 aliphatic rings. The second-order valence-corrected chi connectivity index (χ2v) is 4.61. The van der Waals surface area contributed by atoms with Gasteiger partial charge >= 0.3 is 0 Å². The van der Waals surface area contributed by atoms with Gasteiger partial charge in [-0.2, -0.15) is 5.26 Å². The van der Waals surface area contributed by atoms with Crippen LogP contribution >= 0.6 is 11.6 Å². The van der Waals surface area contributed by atoms with Crippen molar-refractivity contribution in [2.75, 3.05) is 6.61 Å². The summed E-state index contributed by atoms with van der Waals surface area (Å²) in [6, 6.07) is 14.3. The molecule has 0 fully saturated rings. The summed E-state index contributed by atoms with van der Waals surface area (Å²) >= 11 is 5.91. The molecule has 0 radical (unpaired) electrons. The van der Waals surface area contributed by atoms with E-state index in [2.05, 4.69) is 13.0 Å². The van der Waals surface area contributed by atoms with Crippen LogP contribution in [0.4, 0.5) is 0 Å². The lowest BCUT2D eigenvalue weighted by Gasteiger charge is -2.09. The standard InChI is InChI=1S/C16H14ClNO2/c1-2-9-19-14-5-7-15(8-6-14)20-16-10-13(17)4-3-12(16)11-18/h3-8,10H,2,9H2,1H3. The lowest BCUT2D eigenvalue weighted by atomic mass is 10.2. The second-order valence-electron chi connectivity index (χ2n) is 4.17. The van der Waals surface area contributed by atoms with Gasteiger partial charge in [0.2, 0.25) is 0 Å². The maximum absolute atomic E-state index is 9.04. The van der Waals surface area contributed by atoms with Gasteiger partial charge in [0.05, 0.1) is 12.2 Å². The number of ether oxygens (including phenoxy) is 2. The Morgan fingerprint density at radius 2 is 1.80 bits per heavy atom. The molecule has 0 heterocycles. The highest BCUT2D eigenvalue weighted by Gasteiger charge is 2.06. The fourth-order valence-corrected chi connectivity index (χ4v) is 1.79. The normalized spacial score (nSPS) is 9.85. The van der Waals surface area contributed by atoms with Crippen LogP contribution in [-0.2, 0) is 0 Å². The molecule has 0 bridgehead atoms. The van der Waals surface area contributed by atoms with Gasteiger partial charge in [0.15, 0.2) is 0 Å². The monoisotopic (exact) mass is 287 g/mol. The van der Waals surface area contributed by atoms with Crippen molar-refractivity contribution in [3.05, 3.63) is 53.1 Å². The molecule has 0 aliphatic carbocycles. The number of nitrogens with zero attached hydrogens (tertiary/aromatic N) is 1. The van der Waals surface area contributed by atoms with Crippen molar-refractivity contribution in [2.24, 2.45) is 0 Å². The molecule has 4 heteroatoms. The first-order chi connectivity index (χ1) is 9.72. The maximum atomic E-state index is 9.04. The lowest BCUT2D eigenvalue weighted by molar-refractivity contribution is 0.317. The number of halogens is 1. The largest absolute Gasteiger partial charge is 0.494 e. The summed E-state index contributed by atoms with van der Waals surface area (Å²) in [6.07, 6.45) is 0.965. The minimum Gasteiger partial charge on any atom is -0.494 e. The van der Waals surface area contributed by atoms with Crippen LogP contribution in [0.1, 0.15) is 18.9 Å². The molecule has 0 aromatic heterocycles. The Bertz CT molecular complexity index is 617. The van der Waals surface area contributed by atoms with Gasteiger partial charge < -0.3 is 9.47 Å². The summed E-state index contributed by atoms with van der Waals surface area (Å²) in [5.74, 6) is 1.88. The van der Waals surface area contributed by atoms with Crippen molar-refractivity contribution in [2.45, 2.75) is 13.3 Å². The van der Waals surface area contributed by atoms with Crippen LogP contribution in [0.25, 0.3) is 0 Å². The Morgan fingerprint density at radius 1 is 1.10 bits per heavy atom. The summed E-state index contributed by atoms with van der Waals surface area (Å²) in [4.78, 5) is 0. The third-order valence-electron chi connectivity index (χ3n) is 2.59. The Morgan fingerprint density at radius 3 is 2.45 bits per heavy atom. The van der Waals surface area contributed by atoms with E-state index in [0.717, 1.165) is 12.2 Å². The number of hydrogen-bond donors (Lipinski definition) is 0. The van der Waals surface area contributed by atoms with Crippen molar-refractivity contribution < 1.29 is 9.47 Å². The predicted molar refractivity (Wildman–Crippen MR) is 78.5 cm³/mol. The Labute approximate surface area is 123 Å². The van der Waals surface area contributed by atoms with Crippen molar-refractivity contribution in [1.29, 1.82) is 5.26 Å². The van der Waals surface area contributed by atoms with Crippen LogP contribution in [-0.4, -0.2) is 6.61 Å². The van der Waals surface area contributed by atoms with Crippen LogP contribution < -0.4 is 9.47 Å². The molecule has 2 rings (SSSR count). The summed E-state index contributed by atoms with van der Waals surface area (Å²) in [7, 11) is 0. The Hall–Kier alpha value is -2.18. The van der Waals surface area contributed by atoms with E-state index in [0.29, 0.717) is 28.7 Å². The highest BCUT2D eigenvalue weighted by atomic mass is 35.5. The first-order valence-electron chi connectivity index (χ1n) is 6.33. The molecule has 0 spiro atoms. The molecule has 102 valence electrons. The number of nitriles is 1. The van der Waals surface area contributed by atoms with Gasteiger partial charge in [-0.15, -0.1) is 0 Å². The average Bonchev–Trinajstić information content (AvgIpc) is 2.47. The molecule has 0 saturated heterocycles. The molecule has 20 heavy (non-hydrogen) atoms. The summed E-state index contributed by atoms with van der Waals surface area (Å²) in [5.41, 5.74) is 0.445. The van der Waals surface area contributed by atoms with Crippen molar-refractivity contribution >= 4 is 11.6 Å². The van der Waals surface area contributed by atoms with Gasteiger partial charge in [0.25, 0.3) is 0 Å². The van der Waals surface area contributed by atoms with E-state index in [1.165, 1.54) is 0 Å². The van der Waals surface area contributed by atoms with Crippen LogP contribution in [0.15, 0.2) is 42.5 Å². The van der Waals surface area contributed by atoms with E-state index in [-0.39, 0.29) is 0 Å². The molecule has 0 atom stereocenters. The smallest absolute Gasteiger partial charge is 0.146 e. The van der Waals surface area contributed by atoms with Crippen molar-refractivity contribution in [1.82, 2.24) is 0 Å². The zero-order valence-electron chi connectivity index (χ0n) is 11.1. The molecule has 3 nitrogen and oxygen atoms in total. The SMILES string of the molecule is CCCOc1ccc(Oc2cc(Cl)ccc2C#N)cc1. The molecule has 0 unspecified atom stereocenters. The highest BCUT2D eigenvalue weighted by molar-refractivity contribution is 6.30. The Kier molecular flexibility index (Phi) is 4.86. The van der Waals surface area contributed by atoms with Crippen LogP contribution in [0.5, 0.6) is 17.2 Å². The number of hydrogen-bond acceptors (Lipinski definition) is 3. The van der Waals surface area contributed by atoms with Gasteiger partial charge in [0, 0.05) is 11.1 Å². The third kappa shape index (κ3) is 3.66. The van der Waals surface area contributed by atoms with E-state index in [1.807, 2.05) is 12.1 Å².